The molecular weight excluding hydrogens is 400 g/mol. The maximum Gasteiger partial charge on any atom is 0.254 e. The van der Waals surface area contributed by atoms with E-state index in [1.807, 2.05) is 0 Å². The van der Waals surface area contributed by atoms with Crippen molar-refractivity contribution in [2.45, 2.75) is 38.1 Å². The lowest BCUT2D eigenvalue weighted by molar-refractivity contribution is 0.0720. The van der Waals surface area contributed by atoms with Gasteiger partial charge in [-0.3, -0.25) is 4.79 Å². The van der Waals surface area contributed by atoms with E-state index in [1.54, 1.807) is 39.0 Å². The van der Waals surface area contributed by atoms with E-state index in [-0.39, 0.29) is 28.5 Å². The van der Waals surface area contributed by atoms with Crippen molar-refractivity contribution in [2.24, 2.45) is 0 Å². The van der Waals surface area contributed by atoms with Crippen molar-refractivity contribution in [3.05, 3.63) is 42.0 Å². The second-order valence-electron chi connectivity index (χ2n) is 6.87. The van der Waals surface area contributed by atoms with Gasteiger partial charge in [-0.1, -0.05) is 26.0 Å². The normalized spacial score (nSPS) is 18.9. The van der Waals surface area contributed by atoms with Gasteiger partial charge in [0.25, 0.3) is 5.91 Å². The minimum atomic E-state index is -3.72. The van der Waals surface area contributed by atoms with Crippen LogP contribution in [0.25, 0.3) is 0 Å². The average Bonchev–Trinajstić information content (AvgIpc) is 2.99. The molecule has 0 aliphatic carbocycles. The zero-order valence-corrected chi connectivity index (χ0v) is 18.2. The highest BCUT2D eigenvalue weighted by Crippen LogP contribution is 2.24. The molecule has 0 bridgehead atoms. The molecule has 0 radical (unpaired) electrons. The van der Waals surface area contributed by atoms with Crippen LogP contribution >= 0.6 is 0 Å². The van der Waals surface area contributed by atoms with E-state index in [2.05, 4.69) is 6.58 Å². The highest BCUT2D eigenvalue weighted by Gasteiger charge is 2.35. The van der Waals surface area contributed by atoms with Crippen molar-refractivity contribution in [1.82, 2.24) is 9.21 Å². The minimum Gasteiger partial charge on any atom is -0.331 e. The lowest BCUT2D eigenvalue weighted by Crippen LogP contribution is -2.41. The quantitative estimate of drug-likeness (QED) is 0.589. The lowest BCUT2D eigenvalue weighted by atomic mass is 10.1. The van der Waals surface area contributed by atoms with E-state index in [4.69, 9.17) is 0 Å². The van der Waals surface area contributed by atoms with Gasteiger partial charge in [-0.25, -0.2) is 16.8 Å². The molecule has 7 nitrogen and oxygen atoms in total. The summed E-state index contributed by atoms with van der Waals surface area (Å²) in [4.78, 5) is 14.7. The van der Waals surface area contributed by atoms with E-state index in [9.17, 15) is 21.6 Å². The second kappa shape index (κ2) is 8.75. The molecular formula is C19H28N2O5S2. The van der Waals surface area contributed by atoms with E-state index >= 15 is 0 Å². The zero-order chi connectivity index (χ0) is 21.1. The van der Waals surface area contributed by atoms with Gasteiger partial charge in [0.15, 0.2) is 9.84 Å². The van der Waals surface area contributed by atoms with Gasteiger partial charge in [-0.2, -0.15) is 4.31 Å². The van der Waals surface area contributed by atoms with Gasteiger partial charge in [0.05, 0.1) is 16.4 Å². The molecule has 1 aromatic carbocycles. The SMILES string of the molecule is C=CCN(C(=O)c1ccc(C)c(S(=O)(=O)N(CC)CC)c1)C1CCS(=O)(=O)C1. The fraction of sp³-hybridized carbons (Fsp3) is 0.526. The third kappa shape index (κ3) is 4.64. The first kappa shape index (κ1) is 22.6. The molecule has 156 valence electrons. The molecule has 1 saturated heterocycles. The van der Waals surface area contributed by atoms with Crippen LogP contribution in [0.2, 0.25) is 0 Å². The predicted molar refractivity (Wildman–Crippen MR) is 110 cm³/mol. The van der Waals surface area contributed by atoms with Crippen LogP contribution in [0.15, 0.2) is 35.7 Å². The van der Waals surface area contributed by atoms with Gasteiger partial charge >= 0.3 is 0 Å². The molecule has 1 unspecified atom stereocenters. The summed E-state index contributed by atoms with van der Waals surface area (Å²) in [5.74, 6) is -0.421. The molecule has 0 aromatic heterocycles. The number of sulfone groups is 1. The molecule has 1 heterocycles. The molecule has 1 amide bonds. The molecule has 1 atom stereocenters. The summed E-state index contributed by atoms with van der Waals surface area (Å²) in [5.41, 5.74) is 0.782. The maximum absolute atomic E-state index is 13.1. The second-order valence-corrected chi connectivity index (χ2v) is 11.0. The fourth-order valence-corrected chi connectivity index (χ4v) is 6.88. The number of benzene rings is 1. The van der Waals surface area contributed by atoms with Gasteiger partial charge in [-0.05, 0) is 31.0 Å². The Bertz CT molecular complexity index is 951. The van der Waals surface area contributed by atoms with Crippen molar-refractivity contribution in [1.29, 1.82) is 0 Å². The summed E-state index contributed by atoms with van der Waals surface area (Å²) in [6.45, 7) is 9.73. The Balaban J connectivity index is 2.44. The zero-order valence-electron chi connectivity index (χ0n) is 16.6. The van der Waals surface area contributed by atoms with Gasteiger partial charge in [0.2, 0.25) is 10.0 Å². The third-order valence-electron chi connectivity index (χ3n) is 4.99. The molecule has 0 saturated carbocycles. The van der Waals surface area contributed by atoms with Crippen molar-refractivity contribution >= 4 is 25.8 Å². The Kier molecular flexibility index (Phi) is 7.06. The van der Waals surface area contributed by atoms with Gasteiger partial charge < -0.3 is 4.90 Å². The van der Waals surface area contributed by atoms with Gasteiger partial charge in [-0.15, -0.1) is 6.58 Å². The third-order valence-corrected chi connectivity index (χ3v) is 8.94. The Morgan fingerprint density at radius 3 is 2.43 bits per heavy atom. The predicted octanol–water partition coefficient (Wildman–Crippen LogP) is 1.84. The van der Waals surface area contributed by atoms with E-state index in [0.29, 0.717) is 25.1 Å². The smallest absolute Gasteiger partial charge is 0.254 e. The summed E-state index contributed by atoms with van der Waals surface area (Å²) >= 11 is 0. The molecule has 1 aliphatic heterocycles. The van der Waals surface area contributed by atoms with Crippen molar-refractivity contribution in [3.8, 4) is 0 Å². The van der Waals surface area contributed by atoms with Crippen LogP contribution in [0, 0.1) is 6.92 Å². The number of nitrogens with zero attached hydrogens (tertiary/aromatic N) is 2. The Morgan fingerprint density at radius 2 is 1.93 bits per heavy atom. The Morgan fingerprint density at radius 1 is 1.29 bits per heavy atom. The average molecular weight is 429 g/mol. The van der Waals surface area contributed by atoms with Gasteiger partial charge in [0.1, 0.15) is 0 Å². The Hall–Kier alpha value is -1.71. The summed E-state index contributed by atoms with van der Waals surface area (Å²) < 4.78 is 50.9. The van der Waals surface area contributed by atoms with Gasteiger partial charge in [0, 0.05) is 31.2 Å². The number of carbonyl (C=O) groups is 1. The van der Waals surface area contributed by atoms with E-state index in [0.717, 1.165) is 0 Å². The molecule has 2 rings (SSSR count). The van der Waals surface area contributed by atoms with Crippen LogP contribution < -0.4 is 0 Å². The Labute approximate surface area is 168 Å². The summed E-state index contributed by atoms with van der Waals surface area (Å²) in [5, 5.41) is 0. The molecule has 0 N–H and O–H groups in total. The van der Waals surface area contributed by atoms with Crippen molar-refractivity contribution in [2.75, 3.05) is 31.1 Å². The highest BCUT2D eigenvalue weighted by molar-refractivity contribution is 7.91. The van der Waals surface area contributed by atoms with Crippen LogP contribution in [-0.4, -0.2) is 69.1 Å². The van der Waals surface area contributed by atoms with Crippen LogP contribution in [0.3, 0.4) is 0 Å². The molecule has 1 aromatic rings. The highest BCUT2D eigenvalue weighted by atomic mass is 32.2. The molecule has 1 aliphatic rings. The lowest BCUT2D eigenvalue weighted by Gasteiger charge is -2.27. The number of sulfonamides is 1. The number of aryl methyl sites for hydroxylation is 1. The maximum atomic E-state index is 13.1. The number of carbonyl (C=O) groups excluding carboxylic acids is 1. The largest absolute Gasteiger partial charge is 0.331 e. The van der Waals surface area contributed by atoms with Crippen LogP contribution in [0.4, 0.5) is 0 Å². The standard InChI is InChI=1S/C19H28N2O5S2/c1-5-11-21(17-10-12-27(23,24)14-17)19(22)16-9-8-15(4)18(13-16)28(25,26)20(6-2)7-3/h5,8-9,13,17H,1,6-7,10-12,14H2,2-4H3. The topological polar surface area (TPSA) is 91.8 Å². The first-order valence-corrected chi connectivity index (χ1v) is 12.6. The molecule has 1 fully saturated rings. The molecule has 0 spiro atoms. The summed E-state index contributed by atoms with van der Waals surface area (Å²) in [7, 11) is -6.88. The number of amides is 1. The minimum absolute atomic E-state index is 0.0497. The number of rotatable bonds is 8. The van der Waals surface area contributed by atoms with Crippen LogP contribution in [-0.2, 0) is 19.9 Å². The van der Waals surface area contributed by atoms with E-state index in [1.165, 1.54) is 15.3 Å². The summed E-state index contributed by atoms with van der Waals surface area (Å²) in [6.07, 6.45) is 1.92. The number of hydrogen-bond acceptors (Lipinski definition) is 5. The first-order valence-electron chi connectivity index (χ1n) is 9.30. The number of hydrogen-bond donors (Lipinski definition) is 0. The van der Waals surface area contributed by atoms with Crippen LogP contribution in [0.5, 0.6) is 0 Å². The first-order chi connectivity index (χ1) is 13.1. The molecule has 9 heteroatoms. The van der Waals surface area contributed by atoms with Crippen molar-refractivity contribution < 1.29 is 21.6 Å². The molecule has 28 heavy (non-hydrogen) atoms. The van der Waals surface area contributed by atoms with Crippen LogP contribution in [0.1, 0.15) is 36.2 Å². The monoisotopic (exact) mass is 428 g/mol. The fourth-order valence-electron chi connectivity index (χ4n) is 3.44. The van der Waals surface area contributed by atoms with E-state index < -0.39 is 31.8 Å². The summed E-state index contributed by atoms with van der Waals surface area (Å²) in [6, 6.07) is 4.16. The van der Waals surface area contributed by atoms with Crippen molar-refractivity contribution in [3.63, 3.8) is 0 Å².